The molecule has 1 unspecified atom stereocenters. The number of hydrogen-bond acceptors (Lipinski definition) is 5. The van der Waals surface area contributed by atoms with E-state index in [-0.39, 0.29) is 29.0 Å². The smallest absolute Gasteiger partial charge is 0.329 e. The molecule has 1 rings (SSSR count). The van der Waals surface area contributed by atoms with Crippen molar-refractivity contribution in [2.45, 2.75) is 19.9 Å². The lowest BCUT2D eigenvalue weighted by Gasteiger charge is -2.17. The lowest BCUT2D eigenvalue weighted by molar-refractivity contribution is -0.384. The van der Waals surface area contributed by atoms with E-state index in [1.54, 1.807) is 6.07 Å². The summed E-state index contributed by atoms with van der Waals surface area (Å²) in [5, 5.41) is 22.6. The average Bonchev–Trinajstić information content (AvgIpc) is 2.34. The highest BCUT2D eigenvalue weighted by molar-refractivity contribution is 5.64. The lowest BCUT2D eigenvalue weighted by atomic mass is 10.1. The molecule has 0 aromatic carbocycles. The van der Waals surface area contributed by atoms with E-state index < -0.39 is 4.92 Å². The molecule has 1 heterocycles. The third-order valence-electron chi connectivity index (χ3n) is 2.37. The molecule has 1 aromatic heterocycles. The van der Waals surface area contributed by atoms with Crippen molar-refractivity contribution in [3.05, 3.63) is 27.9 Å². The molecule has 0 bridgehead atoms. The molecule has 92 valence electrons. The zero-order chi connectivity index (χ0) is 13.7. The van der Waals surface area contributed by atoms with Crippen molar-refractivity contribution in [3.8, 4) is 18.4 Å². The van der Waals surface area contributed by atoms with Gasteiger partial charge in [0.2, 0.25) is 5.82 Å². The zero-order valence-electron chi connectivity index (χ0n) is 10.0. The molecular weight excluding hydrogens is 232 g/mol. The number of nitro groups is 1. The average molecular weight is 244 g/mol. The van der Waals surface area contributed by atoms with Crippen LogP contribution in [0.5, 0.6) is 0 Å². The molecule has 0 amide bonds. The molecule has 18 heavy (non-hydrogen) atoms. The normalized spacial score (nSPS) is 11.4. The number of nitrogens with one attached hydrogen (secondary N) is 1. The Hall–Kier alpha value is -2.60. The molecule has 0 aliphatic carbocycles. The summed E-state index contributed by atoms with van der Waals surface area (Å²) in [5.74, 6) is 2.61. The van der Waals surface area contributed by atoms with Gasteiger partial charge in [0.25, 0.3) is 0 Å². The predicted octanol–water partition coefficient (Wildman–Crippen LogP) is 1.93. The van der Waals surface area contributed by atoms with Crippen molar-refractivity contribution in [3.63, 3.8) is 0 Å². The van der Waals surface area contributed by atoms with Gasteiger partial charge in [-0.1, -0.05) is 19.8 Å². The summed E-state index contributed by atoms with van der Waals surface area (Å²) in [6.45, 7) is 3.77. The zero-order valence-corrected chi connectivity index (χ0v) is 10.0. The van der Waals surface area contributed by atoms with Crippen LogP contribution in [-0.4, -0.2) is 15.9 Å². The largest absolute Gasteiger partial charge is 0.350 e. The van der Waals surface area contributed by atoms with Gasteiger partial charge in [-0.15, -0.1) is 6.42 Å². The van der Waals surface area contributed by atoms with Crippen LogP contribution in [0.25, 0.3) is 0 Å². The van der Waals surface area contributed by atoms with Crippen LogP contribution in [0.2, 0.25) is 0 Å². The molecule has 0 saturated carbocycles. The maximum absolute atomic E-state index is 11.0. The van der Waals surface area contributed by atoms with Crippen LogP contribution in [-0.2, 0) is 0 Å². The highest BCUT2D eigenvalue weighted by atomic mass is 16.6. The van der Waals surface area contributed by atoms with E-state index >= 15 is 0 Å². The minimum atomic E-state index is -0.637. The van der Waals surface area contributed by atoms with E-state index in [2.05, 4.69) is 16.2 Å². The number of rotatable bonds is 4. The summed E-state index contributed by atoms with van der Waals surface area (Å²) in [4.78, 5) is 14.2. The third-order valence-corrected chi connectivity index (χ3v) is 2.37. The first-order valence-corrected chi connectivity index (χ1v) is 5.27. The fourth-order valence-corrected chi connectivity index (χ4v) is 1.38. The molecule has 6 nitrogen and oxygen atoms in total. The highest BCUT2D eigenvalue weighted by Gasteiger charge is 2.23. The second kappa shape index (κ2) is 5.65. The molecule has 1 aromatic rings. The first kappa shape index (κ1) is 13.5. The van der Waals surface area contributed by atoms with E-state index in [0.717, 1.165) is 0 Å². The summed E-state index contributed by atoms with van der Waals surface area (Å²) < 4.78 is 0. The first-order valence-electron chi connectivity index (χ1n) is 5.27. The summed E-state index contributed by atoms with van der Waals surface area (Å²) >= 11 is 0. The summed E-state index contributed by atoms with van der Waals surface area (Å²) in [6, 6.07) is 2.68. The molecular formula is C12H12N4O2. The number of terminal acetylenes is 1. The van der Waals surface area contributed by atoms with E-state index in [1.165, 1.54) is 12.3 Å². The second-order valence-corrected chi connectivity index (χ2v) is 3.96. The molecule has 0 saturated heterocycles. The van der Waals surface area contributed by atoms with Gasteiger partial charge in [0.1, 0.15) is 11.6 Å². The Kier molecular flexibility index (Phi) is 4.22. The van der Waals surface area contributed by atoms with Gasteiger partial charge in [-0.2, -0.15) is 5.26 Å². The van der Waals surface area contributed by atoms with Crippen molar-refractivity contribution in [1.29, 1.82) is 5.26 Å². The molecule has 0 fully saturated rings. The van der Waals surface area contributed by atoms with E-state index in [9.17, 15) is 10.1 Å². The van der Waals surface area contributed by atoms with Gasteiger partial charge in [0.05, 0.1) is 11.0 Å². The molecule has 1 N–H and O–H groups in total. The monoisotopic (exact) mass is 244 g/mol. The molecule has 6 heteroatoms. The molecule has 0 aliphatic heterocycles. The van der Waals surface area contributed by atoms with E-state index in [0.29, 0.717) is 0 Å². The standard InChI is InChI=1S/C12H12N4O2/c1-4-10(8(2)3)15-12-11(16(17)18)9(7-13)5-6-14-12/h1,5-6,8,10H,2-3H3,(H,14,15). The number of nitriles is 1. The maximum atomic E-state index is 11.0. The van der Waals surface area contributed by atoms with Gasteiger partial charge in [-0.05, 0) is 12.0 Å². The van der Waals surface area contributed by atoms with Gasteiger partial charge in [0, 0.05) is 6.20 Å². The summed E-state index contributed by atoms with van der Waals surface area (Å²) in [6.07, 6.45) is 6.68. The van der Waals surface area contributed by atoms with Gasteiger partial charge < -0.3 is 5.32 Å². The van der Waals surface area contributed by atoms with Crippen LogP contribution in [0.4, 0.5) is 11.5 Å². The second-order valence-electron chi connectivity index (χ2n) is 3.96. The minimum Gasteiger partial charge on any atom is -0.350 e. The van der Waals surface area contributed by atoms with Crippen LogP contribution in [0.3, 0.4) is 0 Å². The van der Waals surface area contributed by atoms with Crippen LogP contribution < -0.4 is 5.32 Å². The Morgan fingerprint density at radius 1 is 1.61 bits per heavy atom. The van der Waals surface area contributed by atoms with Crippen LogP contribution in [0.15, 0.2) is 12.3 Å². The summed E-state index contributed by atoms with van der Waals surface area (Å²) in [5.41, 5.74) is -0.391. The fourth-order valence-electron chi connectivity index (χ4n) is 1.38. The van der Waals surface area contributed by atoms with Crippen LogP contribution in [0, 0.1) is 39.7 Å². The molecule has 1 atom stereocenters. The van der Waals surface area contributed by atoms with Crippen molar-refractivity contribution in [1.82, 2.24) is 4.98 Å². The fraction of sp³-hybridized carbons (Fsp3) is 0.333. The third kappa shape index (κ3) is 2.74. The number of aromatic nitrogens is 1. The van der Waals surface area contributed by atoms with Crippen LogP contribution in [0.1, 0.15) is 19.4 Å². The Bertz CT molecular complexity index is 540. The lowest BCUT2D eigenvalue weighted by Crippen LogP contribution is -2.24. The van der Waals surface area contributed by atoms with Gasteiger partial charge >= 0.3 is 5.69 Å². The maximum Gasteiger partial charge on any atom is 0.329 e. The van der Waals surface area contributed by atoms with Crippen molar-refractivity contribution in [2.24, 2.45) is 5.92 Å². The number of anilines is 1. The van der Waals surface area contributed by atoms with Crippen molar-refractivity contribution < 1.29 is 4.92 Å². The Balaban J connectivity index is 3.22. The topological polar surface area (TPSA) is 91.8 Å². The molecule has 0 spiro atoms. The van der Waals surface area contributed by atoms with Crippen LogP contribution >= 0.6 is 0 Å². The number of hydrogen-bond donors (Lipinski definition) is 1. The highest BCUT2D eigenvalue weighted by Crippen LogP contribution is 2.26. The number of pyridine rings is 1. The Morgan fingerprint density at radius 2 is 2.28 bits per heavy atom. The quantitative estimate of drug-likeness (QED) is 0.496. The SMILES string of the molecule is C#CC(Nc1nccc(C#N)c1[N+](=O)[O-])C(C)C. The molecule has 0 radical (unpaired) electrons. The van der Waals surface area contributed by atoms with Crippen molar-refractivity contribution >= 4 is 11.5 Å². The number of nitrogens with zero attached hydrogens (tertiary/aromatic N) is 3. The van der Waals surface area contributed by atoms with E-state index in [1.807, 2.05) is 13.8 Å². The first-order chi connectivity index (χ1) is 8.51. The van der Waals surface area contributed by atoms with E-state index in [4.69, 9.17) is 11.7 Å². The van der Waals surface area contributed by atoms with Gasteiger partial charge in [-0.25, -0.2) is 4.98 Å². The Morgan fingerprint density at radius 3 is 2.72 bits per heavy atom. The van der Waals surface area contributed by atoms with Gasteiger partial charge in [0.15, 0.2) is 0 Å². The summed E-state index contributed by atoms with van der Waals surface area (Å²) in [7, 11) is 0. The van der Waals surface area contributed by atoms with Crippen molar-refractivity contribution in [2.75, 3.05) is 5.32 Å². The minimum absolute atomic E-state index is 0.0238. The van der Waals surface area contributed by atoms with Gasteiger partial charge in [-0.3, -0.25) is 10.1 Å². The molecule has 0 aliphatic rings. The predicted molar refractivity (Wildman–Crippen MR) is 66.7 cm³/mol. The Labute approximate surface area is 105 Å².